The molecule has 258 valence electrons. The first-order valence-corrected chi connectivity index (χ1v) is 17.6. The number of allylic oxidation sites excluding steroid dienone is 12. The summed E-state index contributed by atoms with van der Waals surface area (Å²) in [6.45, 7) is 10.1. The van der Waals surface area contributed by atoms with Crippen LogP contribution in [0.4, 0.5) is 0 Å². The van der Waals surface area contributed by atoms with E-state index in [2.05, 4.69) is 105 Å². The Balaban J connectivity index is 2.06. The fourth-order valence-corrected chi connectivity index (χ4v) is 4.79. The van der Waals surface area contributed by atoms with E-state index in [4.69, 9.17) is 15.2 Å². The Hall–Kier alpha value is -3.00. The van der Waals surface area contributed by atoms with Gasteiger partial charge in [0.15, 0.2) is 0 Å². The van der Waals surface area contributed by atoms with Crippen LogP contribution < -0.4 is 16.4 Å². The molecule has 1 aliphatic carbocycles. The molecule has 7 nitrogen and oxygen atoms in total. The van der Waals surface area contributed by atoms with Gasteiger partial charge in [-0.15, -0.1) is 0 Å². The lowest BCUT2D eigenvalue weighted by Gasteiger charge is -2.34. The van der Waals surface area contributed by atoms with Crippen LogP contribution in [0.25, 0.3) is 0 Å². The Labute approximate surface area is 280 Å². The lowest BCUT2D eigenvalue weighted by molar-refractivity contribution is -0.121. The van der Waals surface area contributed by atoms with Crippen LogP contribution in [0, 0.1) is 5.92 Å². The topological polar surface area (TPSA) is 103 Å². The summed E-state index contributed by atoms with van der Waals surface area (Å²) in [6.07, 6.45) is 37.5. The van der Waals surface area contributed by atoms with Crippen LogP contribution in [-0.4, -0.2) is 56.4 Å². The maximum Gasteiger partial charge on any atom is 0.247 e. The van der Waals surface area contributed by atoms with Crippen LogP contribution in [0.5, 0.6) is 0 Å². The molecular formula is C39H63N3O4. The molecule has 1 rings (SSSR count). The van der Waals surface area contributed by atoms with Crippen molar-refractivity contribution in [2.45, 2.75) is 117 Å². The van der Waals surface area contributed by atoms with Gasteiger partial charge in [-0.2, -0.15) is 0 Å². The van der Waals surface area contributed by atoms with E-state index in [1.807, 2.05) is 12.2 Å². The van der Waals surface area contributed by atoms with Crippen LogP contribution in [0.3, 0.4) is 0 Å². The van der Waals surface area contributed by atoms with E-state index in [0.29, 0.717) is 51.1 Å². The van der Waals surface area contributed by atoms with Crippen molar-refractivity contribution in [2.24, 2.45) is 11.7 Å². The second-order valence-electron chi connectivity index (χ2n) is 11.6. The van der Waals surface area contributed by atoms with Gasteiger partial charge in [0.2, 0.25) is 11.8 Å². The van der Waals surface area contributed by atoms with Gasteiger partial charge in [-0.25, -0.2) is 0 Å². The number of carbonyl (C=O) groups is 2. The highest BCUT2D eigenvalue weighted by molar-refractivity contribution is 5.93. The molecule has 0 radical (unpaired) electrons. The van der Waals surface area contributed by atoms with Gasteiger partial charge in [0.05, 0.1) is 25.4 Å². The summed E-state index contributed by atoms with van der Waals surface area (Å²) in [4.78, 5) is 24.7. The van der Waals surface area contributed by atoms with Gasteiger partial charge >= 0.3 is 0 Å². The normalized spacial score (nSPS) is 19.2. The first kappa shape index (κ1) is 41.0. The van der Waals surface area contributed by atoms with Gasteiger partial charge in [0.25, 0.3) is 0 Å². The number of nitrogens with one attached hydrogen (secondary N) is 2. The summed E-state index contributed by atoms with van der Waals surface area (Å²) in [5.41, 5.74) is 7.00. The van der Waals surface area contributed by atoms with Crippen molar-refractivity contribution >= 4 is 11.8 Å². The zero-order valence-electron chi connectivity index (χ0n) is 29.1. The maximum absolute atomic E-state index is 12.7. The van der Waals surface area contributed by atoms with E-state index >= 15 is 0 Å². The van der Waals surface area contributed by atoms with E-state index in [1.165, 1.54) is 0 Å². The molecule has 3 atom stereocenters. The summed E-state index contributed by atoms with van der Waals surface area (Å²) in [5, 5.41) is 5.79. The van der Waals surface area contributed by atoms with Crippen molar-refractivity contribution in [2.75, 3.05) is 26.3 Å². The number of hydrogen-bond acceptors (Lipinski definition) is 5. The van der Waals surface area contributed by atoms with E-state index in [0.717, 1.165) is 51.4 Å². The van der Waals surface area contributed by atoms with Gasteiger partial charge in [-0.3, -0.25) is 9.59 Å². The largest absolute Gasteiger partial charge is 0.378 e. The van der Waals surface area contributed by atoms with E-state index in [9.17, 15) is 9.59 Å². The highest BCUT2D eigenvalue weighted by Crippen LogP contribution is 2.27. The van der Waals surface area contributed by atoms with Crippen molar-refractivity contribution in [3.63, 3.8) is 0 Å². The number of ether oxygens (including phenoxy) is 2. The van der Waals surface area contributed by atoms with Gasteiger partial charge in [0, 0.05) is 37.0 Å². The number of amides is 2. The molecule has 2 amide bonds. The third-order valence-corrected chi connectivity index (χ3v) is 7.80. The number of carbonyl (C=O) groups excluding carboxylic acids is 2. The molecule has 0 spiro atoms. The average Bonchev–Trinajstić information content (AvgIpc) is 3.05. The molecule has 0 bridgehead atoms. The fraction of sp³-hybridized carbons (Fsp3) is 0.590. The van der Waals surface area contributed by atoms with Crippen LogP contribution >= 0.6 is 0 Å². The zero-order chi connectivity index (χ0) is 33.7. The predicted octanol–water partition coefficient (Wildman–Crippen LogP) is 7.58. The molecule has 0 aliphatic heterocycles. The summed E-state index contributed by atoms with van der Waals surface area (Å²) < 4.78 is 11.8. The highest BCUT2D eigenvalue weighted by atomic mass is 16.5. The standard InChI is InChI=1S/C39H63N3O4/c1-5-8-9-10-11-12-13-14-15-16-17-18-19-20-21-22-23-24-25-26-38(43)41-27-29-45-30-28-42-39(44)34-31-36(40)33(4)37(32-34)46-35(6-2)7-3/h8-9,11-12,14-15,17-18,20-21,23-24,32-33,35-37H,5-7,10,13,16,19,22,25-31,40H2,1-4H3,(H,41,43)(H,42,44)/b9-8-,12-11-,15-14-,18-17-,21-20-,24-23-/t33-,36+,37-/m1/s1. The monoisotopic (exact) mass is 637 g/mol. The third-order valence-electron chi connectivity index (χ3n) is 7.80. The Morgan fingerprint density at radius 1 is 0.804 bits per heavy atom. The van der Waals surface area contributed by atoms with Crippen molar-refractivity contribution in [3.05, 3.63) is 84.6 Å². The minimum atomic E-state index is -0.145. The Kier molecular flexibility index (Phi) is 25.2. The van der Waals surface area contributed by atoms with E-state index < -0.39 is 0 Å². The predicted molar refractivity (Wildman–Crippen MR) is 193 cm³/mol. The first-order valence-electron chi connectivity index (χ1n) is 17.6. The molecule has 0 aromatic carbocycles. The lowest BCUT2D eigenvalue weighted by Crippen LogP contribution is -2.44. The number of hydrogen-bond donors (Lipinski definition) is 3. The summed E-state index contributed by atoms with van der Waals surface area (Å²) in [6, 6.07) is -0.107. The first-order chi connectivity index (χ1) is 22.4. The second-order valence-corrected chi connectivity index (χ2v) is 11.6. The SMILES string of the molecule is CC/C=C\C/C=C\C/C=C\C/C=C\C/C=C\C/C=C\CCC(=O)NCCOCCNC(=O)C1=C[C@@H](OC(CC)CC)[C@H](C)[C@@H](N)C1. The Morgan fingerprint density at radius 2 is 1.30 bits per heavy atom. The molecule has 0 saturated heterocycles. The van der Waals surface area contributed by atoms with Crippen molar-refractivity contribution in [1.82, 2.24) is 10.6 Å². The average molecular weight is 638 g/mol. The Bertz CT molecular complexity index is 1020. The molecule has 0 heterocycles. The summed E-state index contributed by atoms with van der Waals surface area (Å²) in [7, 11) is 0. The lowest BCUT2D eigenvalue weighted by atomic mass is 9.84. The van der Waals surface area contributed by atoms with Gasteiger partial charge in [0.1, 0.15) is 0 Å². The molecule has 0 unspecified atom stereocenters. The summed E-state index contributed by atoms with van der Waals surface area (Å²) in [5.74, 6) is 0.0597. The zero-order valence-corrected chi connectivity index (χ0v) is 29.1. The van der Waals surface area contributed by atoms with Crippen LogP contribution in [0.1, 0.15) is 98.3 Å². The Morgan fingerprint density at radius 3 is 1.83 bits per heavy atom. The highest BCUT2D eigenvalue weighted by Gasteiger charge is 2.31. The molecule has 7 heteroatoms. The summed E-state index contributed by atoms with van der Waals surface area (Å²) >= 11 is 0. The molecular weight excluding hydrogens is 574 g/mol. The van der Waals surface area contributed by atoms with Crippen LogP contribution in [-0.2, 0) is 19.1 Å². The van der Waals surface area contributed by atoms with Gasteiger partial charge in [-0.1, -0.05) is 101 Å². The molecule has 0 fully saturated rings. The van der Waals surface area contributed by atoms with Crippen molar-refractivity contribution in [1.29, 1.82) is 0 Å². The smallest absolute Gasteiger partial charge is 0.247 e. The molecule has 1 aliphatic rings. The fourth-order valence-electron chi connectivity index (χ4n) is 4.79. The number of rotatable bonds is 25. The molecule has 0 aromatic rings. The van der Waals surface area contributed by atoms with E-state index in [1.54, 1.807) is 0 Å². The van der Waals surface area contributed by atoms with Gasteiger partial charge < -0.3 is 25.8 Å². The molecule has 46 heavy (non-hydrogen) atoms. The third kappa shape index (κ3) is 20.9. The van der Waals surface area contributed by atoms with Crippen LogP contribution in [0.2, 0.25) is 0 Å². The second kappa shape index (κ2) is 28.2. The quantitative estimate of drug-likeness (QED) is 0.0708. The maximum atomic E-state index is 12.7. The van der Waals surface area contributed by atoms with Gasteiger partial charge in [-0.05, 0) is 70.3 Å². The van der Waals surface area contributed by atoms with Crippen molar-refractivity contribution in [3.8, 4) is 0 Å². The molecule has 0 aromatic heterocycles. The minimum absolute atomic E-state index is 0.0105. The van der Waals surface area contributed by atoms with Crippen LogP contribution in [0.15, 0.2) is 84.6 Å². The van der Waals surface area contributed by atoms with Crippen molar-refractivity contribution < 1.29 is 19.1 Å². The molecule has 0 saturated carbocycles. The minimum Gasteiger partial charge on any atom is -0.378 e. The number of nitrogens with two attached hydrogens (primary N) is 1. The molecule has 4 N–H and O–H groups in total. The van der Waals surface area contributed by atoms with E-state index in [-0.39, 0.29) is 36.0 Å².